The zero-order valence-corrected chi connectivity index (χ0v) is 8.13. The average Bonchev–Trinajstić information content (AvgIpc) is 2.16. The summed E-state index contributed by atoms with van der Waals surface area (Å²) in [5.74, 6) is -4.13. The van der Waals surface area contributed by atoms with Crippen LogP contribution in [0.2, 0.25) is 0 Å². The third kappa shape index (κ3) is 2.50. The molecule has 1 saturated heterocycles. The van der Waals surface area contributed by atoms with Crippen LogP contribution in [0.25, 0.3) is 0 Å². The fourth-order valence-corrected chi connectivity index (χ4v) is 1.04. The number of ether oxygens (including phenoxy) is 2. The van der Waals surface area contributed by atoms with E-state index >= 15 is 0 Å². The van der Waals surface area contributed by atoms with Gasteiger partial charge in [0.15, 0.2) is 0 Å². The van der Waals surface area contributed by atoms with Gasteiger partial charge in [0.2, 0.25) is 0 Å². The van der Waals surface area contributed by atoms with Gasteiger partial charge in [0.1, 0.15) is 6.10 Å². The van der Waals surface area contributed by atoms with Crippen LogP contribution in [0.4, 0.5) is 13.2 Å². The zero-order valence-electron chi connectivity index (χ0n) is 8.13. The lowest BCUT2D eigenvalue weighted by atomic mass is 10.1. The Morgan fingerprint density at radius 3 is 2.60 bits per heavy atom. The molecule has 0 bridgehead atoms. The number of alkyl halides is 3. The number of carbonyl (C=O) groups excluding carboxylic acids is 1. The average molecular weight is 224 g/mol. The highest BCUT2D eigenvalue weighted by Gasteiger charge is 2.60. The summed E-state index contributed by atoms with van der Waals surface area (Å²) in [5.41, 5.74) is 0.180. The largest absolute Gasteiger partial charge is 0.462 e. The molecule has 2 unspecified atom stereocenters. The molecule has 6 heteroatoms. The minimum absolute atomic E-state index is 0.180. The fourth-order valence-electron chi connectivity index (χ4n) is 1.04. The molecule has 0 aromatic carbocycles. The maximum absolute atomic E-state index is 12.6. The molecule has 1 heterocycles. The first-order valence-corrected chi connectivity index (χ1v) is 4.35. The Kier molecular flexibility index (Phi) is 3.38. The molecule has 0 spiro atoms. The number of rotatable bonds is 4. The third-order valence-electron chi connectivity index (χ3n) is 1.98. The molecular formula is C9H11F3O3. The molecule has 1 aliphatic heterocycles. The van der Waals surface area contributed by atoms with E-state index in [1.807, 2.05) is 0 Å². The van der Waals surface area contributed by atoms with Crippen LogP contribution in [0.3, 0.4) is 0 Å². The van der Waals surface area contributed by atoms with Crippen LogP contribution >= 0.6 is 0 Å². The van der Waals surface area contributed by atoms with E-state index in [0.717, 1.165) is 0 Å². The Morgan fingerprint density at radius 1 is 1.60 bits per heavy atom. The maximum atomic E-state index is 12.6. The summed E-state index contributed by atoms with van der Waals surface area (Å²) in [6.07, 6.45) is -4.28. The van der Waals surface area contributed by atoms with Crippen molar-refractivity contribution < 1.29 is 27.4 Å². The molecule has 15 heavy (non-hydrogen) atoms. The lowest BCUT2D eigenvalue weighted by Crippen LogP contribution is -2.57. The van der Waals surface area contributed by atoms with Crippen molar-refractivity contribution in [1.29, 1.82) is 0 Å². The maximum Gasteiger partial charge on any atom is 0.333 e. The molecule has 2 atom stereocenters. The van der Waals surface area contributed by atoms with Crippen LogP contribution in [0.1, 0.15) is 13.3 Å². The van der Waals surface area contributed by atoms with Crippen molar-refractivity contribution in [2.75, 3.05) is 6.61 Å². The van der Waals surface area contributed by atoms with Crippen molar-refractivity contribution in [1.82, 2.24) is 0 Å². The van der Waals surface area contributed by atoms with Gasteiger partial charge in [0.25, 0.3) is 6.36 Å². The minimum Gasteiger partial charge on any atom is -0.462 e. The Morgan fingerprint density at radius 2 is 2.20 bits per heavy atom. The highest BCUT2D eigenvalue weighted by molar-refractivity contribution is 5.86. The van der Waals surface area contributed by atoms with E-state index < -0.39 is 24.4 Å². The Bertz CT molecular complexity index is 278. The predicted octanol–water partition coefficient (Wildman–Crippen LogP) is 1.83. The second-order valence-corrected chi connectivity index (χ2v) is 3.32. The van der Waals surface area contributed by atoms with E-state index in [1.165, 1.54) is 6.92 Å². The first-order chi connectivity index (χ1) is 6.85. The van der Waals surface area contributed by atoms with Crippen molar-refractivity contribution in [3.05, 3.63) is 12.2 Å². The van der Waals surface area contributed by atoms with E-state index in [2.05, 4.69) is 16.1 Å². The summed E-state index contributed by atoms with van der Waals surface area (Å²) in [7, 11) is 0. The highest BCUT2D eigenvalue weighted by Crippen LogP contribution is 2.40. The van der Waals surface area contributed by atoms with Crippen LogP contribution in [0.15, 0.2) is 12.2 Å². The molecule has 0 aromatic heterocycles. The summed E-state index contributed by atoms with van der Waals surface area (Å²) in [6, 6.07) is 0. The molecule has 3 nitrogen and oxygen atoms in total. The topological polar surface area (TPSA) is 35.5 Å². The van der Waals surface area contributed by atoms with Gasteiger partial charge < -0.3 is 9.47 Å². The van der Waals surface area contributed by atoms with Gasteiger partial charge >= 0.3 is 11.9 Å². The molecule has 86 valence electrons. The third-order valence-corrected chi connectivity index (χ3v) is 1.98. The number of esters is 1. The summed E-state index contributed by atoms with van der Waals surface area (Å²) >= 11 is 0. The van der Waals surface area contributed by atoms with E-state index in [4.69, 9.17) is 0 Å². The predicted molar refractivity (Wildman–Crippen MR) is 45.1 cm³/mol. The summed E-state index contributed by atoms with van der Waals surface area (Å²) < 4.78 is 46.1. The smallest absolute Gasteiger partial charge is 0.333 e. The van der Waals surface area contributed by atoms with Crippen LogP contribution in [0, 0.1) is 0 Å². The number of halogens is 3. The van der Waals surface area contributed by atoms with E-state index in [9.17, 15) is 18.0 Å². The van der Waals surface area contributed by atoms with Gasteiger partial charge in [-0.15, -0.1) is 0 Å². The summed E-state index contributed by atoms with van der Waals surface area (Å²) in [5, 5.41) is 0. The number of carbonyl (C=O) groups is 1. The highest BCUT2D eigenvalue weighted by atomic mass is 19.3. The van der Waals surface area contributed by atoms with Crippen molar-refractivity contribution in [3.8, 4) is 0 Å². The van der Waals surface area contributed by atoms with Crippen LogP contribution in [-0.2, 0) is 14.3 Å². The second kappa shape index (κ2) is 4.22. The van der Waals surface area contributed by atoms with E-state index in [0.29, 0.717) is 0 Å². The standard InChI is InChI=1S/C9H11F3O3/c1-5(2)7(13)14-4-3-6-9(11,12)8(10)15-6/h6,8H,1,3-4H2,2H3. The van der Waals surface area contributed by atoms with E-state index in [1.54, 1.807) is 0 Å². The summed E-state index contributed by atoms with van der Waals surface area (Å²) in [6.45, 7) is 4.52. The first kappa shape index (κ1) is 12.0. The number of hydrogen-bond acceptors (Lipinski definition) is 3. The molecule has 0 N–H and O–H groups in total. The van der Waals surface area contributed by atoms with E-state index in [-0.39, 0.29) is 18.6 Å². The molecule has 0 amide bonds. The lowest BCUT2D eigenvalue weighted by molar-refractivity contribution is -0.360. The Hall–Kier alpha value is -1.04. The minimum atomic E-state index is -3.48. The van der Waals surface area contributed by atoms with Crippen LogP contribution in [-0.4, -0.2) is 31.0 Å². The van der Waals surface area contributed by atoms with Crippen molar-refractivity contribution in [2.45, 2.75) is 31.7 Å². The zero-order chi connectivity index (χ0) is 11.6. The molecule has 0 aromatic rings. The van der Waals surface area contributed by atoms with Gasteiger partial charge in [0, 0.05) is 12.0 Å². The molecule has 0 aliphatic carbocycles. The van der Waals surface area contributed by atoms with Crippen molar-refractivity contribution >= 4 is 5.97 Å². The van der Waals surface area contributed by atoms with Gasteiger partial charge in [-0.1, -0.05) is 6.58 Å². The van der Waals surface area contributed by atoms with Crippen LogP contribution in [0.5, 0.6) is 0 Å². The quantitative estimate of drug-likeness (QED) is 0.539. The van der Waals surface area contributed by atoms with Gasteiger partial charge in [-0.25, -0.2) is 9.18 Å². The van der Waals surface area contributed by atoms with Gasteiger partial charge in [-0.2, -0.15) is 8.78 Å². The molecular weight excluding hydrogens is 213 g/mol. The Balaban J connectivity index is 2.23. The van der Waals surface area contributed by atoms with Gasteiger partial charge in [-0.05, 0) is 6.92 Å². The molecule has 0 saturated carbocycles. The second-order valence-electron chi connectivity index (χ2n) is 3.32. The Labute approximate surface area is 84.8 Å². The van der Waals surface area contributed by atoms with Crippen molar-refractivity contribution in [3.63, 3.8) is 0 Å². The summed E-state index contributed by atoms with van der Waals surface area (Å²) in [4.78, 5) is 10.8. The lowest BCUT2D eigenvalue weighted by Gasteiger charge is -2.39. The molecule has 1 aliphatic rings. The van der Waals surface area contributed by atoms with Crippen LogP contribution < -0.4 is 0 Å². The molecule has 0 radical (unpaired) electrons. The monoisotopic (exact) mass is 224 g/mol. The first-order valence-electron chi connectivity index (χ1n) is 4.35. The molecule has 1 fully saturated rings. The fraction of sp³-hybridized carbons (Fsp3) is 0.667. The normalized spacial score (nSPS) is 28.0. The SMILES string of the molecule is C=C(C)C(=O)OCCC1OC(F)C1(F)F. The van der Waals surface area contributed by atoms with Gasteiger partial charge in [0.05, 0.1) is 6.61 Å². The number of hydrogen-bond donors (Lipinski definition) is 0. The molecule has 1 rings (SSSR count). The van der Waals surface area contributed by atoms with Gasteiger partial charge in [-0.3, -0.25) is 0 Å². The van der Waals surface area contributed by atoms with Crippen molar-refractivity contribution in [2.24, 2.45) is 0 Å².